The maximum atomic E-state index is 12.0. The van der Waals surface area contributed by atoms with Gasteiger partial charge in [0.2, 0.25) is 0 Å². The topological polar surface area (TPSA) is 34.1 Å². The largest absolute Gasteiger partial charge is 0.224 e. The zero-order chi connectivity index (χ0) is 12.9. The molecule has 0 amide bonds. The van der Waals surface area contributed by atoms with Gasteiger partial charge in [0.15, 0.2) is 9.84 Å². The Balaban J connectivity index is 2.79. The van der Waals surface area contributed by atoms with Crippen LogP contribution in [0.25, 0.3) is 0 Å². The number of hydrogen-bond acceptors (Lipinski definition) is 2. The fourth-order valence-electron chi connectivity index (χ4n) is 1.39. The van der Waals surface area contributed by atoms with Crippen molar-refractivity contribution in [1.29, 1.82) is 0 Å². The second-order valence-electron chi connectivity index (χ2n) is 3.64. The molecular weight excluding hydrogens is 303 g/mol. The maximum absolute atomic E-state index is 12.0. The maximum Gasteiger partial charge on any atom is 0.179 e. The summed E-state index contributed by atoms with van der Waals surface area (Å²) in [6.07, 6.45) is 2.19. The van der Waals surface area contributed by atoms with E-state index in [-0.39, 0.29) is 15.7 Å². The van der Waals surface area contributed by atoms with Crippen LogP contribution in [0.3, 0.4) is 0 Å². The van der Waals surface area contributed by atoms with Crippen molar-refractivity contribution in [3.8, 4) is 0 Å². The van der Waals surface area contributed by atoms with E-state index in [1.165, 1.54) is 12.1 Å². The first-order chi connectivity index (χ1) is 7.97. The van der Waals surface area contributed by atoms with Crippen LogP contribution in [-0.2, 0) is 9.84 Å². The van der Waals surface area contributed by atoms with E-state index >= 15 is 0 Å². The van der Waals surface area contributed by atoms with Crippen LogP contribution in [0.2, 0.25) is 10.0 Å². The minimum Gasteiger partial charge on any atom is -0.224 e. The van der Waals surface area contributed by atoms with Gasteiger partial charge in [-0.15, -0.1) is 11.6 Å². The number of unbranched alkanes of at least 4 members (excludes halogenated alkanes) is 2. The van der Waals surface area contributed by atoms with Gasteiger partial charge in [0.05, 0.1) is 15.7 Å². The fourth-order valence-corrected chi connectivity index (χ4v) is 3.76. The van der Waals surface area contributed by atoms with E-state index in [0.29, 0.717) is 17.3 Å². The van der Waals surface area contributed by atoms with E-state index in [0.717, 1.165) is 12.8 Å². The summed E-state index contributed by atoms with van der Waals surface area (Å²) in [7, 11) is -3.35. The Morgan fingerprint density at radius 3 is 2.41 bits per heavy atom. The van der Waals surface area contributed by atoms with E-state index in [1.54, 1.807) is 6.07 Å². The predicted octanol–water partition coefficient (Wildman–Crippen LogP) is 4.18. The lowest BCUT2D eigenvalue weighted by atomic mass is 10.3. The van der Waals surface area contributed by atoms with Gasteiger partial charge in [-0.05, 0) is 31.0 Å². The Morgan fingerprint density at radius 1 is 1.06 bits per heavy atom. The predicted molar refractivity (Wildman–Crippen MR) is 73.1 cm³/mol. The van der Waals surface area contributed by atoms with Gasteiger partial charge >= 0.3 is 0 Å². The first-order valence-corrected chi connectivity index (χ1v) is 8.15. The lowest BCUT2D eigenvalue weighted by Crippen LogP contribution is -2.07. The Hall–Kier alpha value is 0.0400. The zero-order valence-corrected chi connectivity index (χ0v) is 12.2. The molecule has 1 aromatic rings. The van der Waals surface area contributed by atoms with Crippen LogP contribution in [0.5, 0.6) is 0 Å². The van der Waals surface area contributed by atoms with Crippen molar-refractivity contribution in [2.75, 3.05) is 11.6 Å². The Labute approximate surface area is 117 Å². The summed E-state index contributed by atoms with van der Waals surface area (Å²) in [5, 5.41) is 0.584. The van der Waals surface area contributed by atoms with Gasteiger partial charge in [-0.2, -0.15) is 0 Å². The Morgan fingerprint density at radius 2 is 1.76 bits per heavy atom. The highest BCUT2D eigenvalue weighted by Crippen LogP contribution is 2.26. The molecule has 0 aromatic heterocycles. The van der Waals surface area contributed by atoms with Gasteiger partial charge in [0.1, 0.15) is 0 Å². The molecule has 0 aliphatic heterocycles. The number of benzene rings is 1. The zero-order valence-electron chi connectivity index (χ0n) is 9.13. The number of hydrogen-bond donors (Lipinski definition) is 0. The van der Waals surface area contributed by atoms with Crippen molar-refractivity contribution in [3.63, 3.8) is 0 Å². The van der Waals surface area contributed by atoms with Crippen LogP contribution < -0.4 is 0 Å². The SMILES string of the molecule is O=S(=O)(CCCCCCl)c1cc(Cl)ccc1Cl. The van der Waals surface area contributed by atoms with Crippen LogP contribution in [0.1, 0.15) is 19.3 Å². The van der Waals surface area contributed by atoms with Crippen molar-refractivity contribution in [3.05, 3.63) is 28.2 Å². The molecule has 6 heteroatoms. The molecular formula is C11H13Cl3O2S. The third-order valence-electron chi connectivity index (χ3n) is 2.28. The average Bonchev–Trinajstić information content (AvgIpc) is 2.28. The van der Waals surface area contributed by atoms with Crippen molar-refractivity contribution >= 4 is 44.6 Å². The van der Waals surface area contributed by atoms with Gasteiger partial charge in [-0.1, -0.05) is 29.6 Å². The molecule has 0 spiro atoms. The van der Waals surface area contributed by atoms with Crippen LogP contribution in [0.4, 0.5) is 0 Å². The summed E-state index contributed by atoms with van der Waals surface area (Å²) < 4.78 is 24.0. The molecule has 0 radical (unpaired) electrons. The summed E-state index contributed by atoms with van der Waals surface area (Å²) >= 11 is 17.2. The van der Waals surface area contributed by atoms with Gasteiger partial charge in [0.25, 0.3) is 0 Å². The Bertz CT molecular complexity index is 472. The van der Waals surface area contributed by atoms with Crippen LogP contribution in [0, 0.1) is 0 Å². The second-order valence-corrected chi connectivity index (χ2v) is 6.94. The molecule has 17 heavy (non-hydrogen) atoms. The molecule has 2 nitrogen and oxygen atoms in total. The third kappa shape index (κ3) is 4.66. The first-order valence-electron chi connectivity index (χ1n) is 5.21. The third-order valence-corrected chi connectivity index (χ3v) is 5.05. The summed E-state index contributed by atoms with van der Waals surface area (Å²) in [5.74, 6) is 0.627. The molecule has 0 saturated heterocycles. The van der Waals surface area contributed by atoms with E-state index in [1.807, 2.05) is 0 Å². The molecule has 1 aromatic carbocycles. The highest BCUT2D eigenvalue weighted by atomic mass is 35.5. The quantitative estimate of drug-likeness (QED) is 0.583. The molecule has 0 saturated carbocycles. The normalized spacial score (nSPS) is 11.7. The lowest BCUT2D eigenvalue weighted by Gasteiger charge is -2.06. The van der Waals surface area contributed by atoms with Gasteiger partial charge < -0.3 is 0 Å². The molecule has 96 valence electrons. The summed E-state index contributed by atoms with van der Waals surface area (Å²) in [5.41, 5.74) is 0. The van der Waals surface area contributed by atoms with Crippen LogP contribution in [0.15, 0.2) is 23.1 Å². The minimum absolute atomic E-state index is 0.0734. The second kappa shape index (κ2) is 6.83. The smallest absolute Gasteiger partial charge is 0.179 e. The molecule has 0 heterocycles. The molecule has 0 aliphatic rings. The summed E-state index contributed by atoms with van der Waals surface area (Å²) in [6, 6.07) is 4.45. The van der Waals surface area contributed by atoms with Crippen LogP contribution in [-0.4, -0.2) is 20.1 Å². The van der Waals surface area contributed by atoms with E-state index < -0.39 is 9.84 Å². The molecule has 0 fully saturated rings. The number of alkyl halides is 1. The number of sulfone groups is 1. The van der Waals surface area contributed by atoms with Crippen molar-refractivity contribution in [2.45, 2.75) is 24.2 Å². The monoisotopic (exact) mass is 314 g/mol. The highest BCUT2D eigenvalue weighted by molar-refractivity contribution is 7.91. The van der Waals surface area contributed by atoms with Gasteiger partial charge in [-0.3, -0.25) is 0 Å². The standard InChI is InChI=1S/C11H13Cl3O2S/c12-6-2-1-3-7-17(15,16)11-8-9(13)4-5-10(11)14/h4-5,8H,1-3,6-7H2. The van der Waals surface area contributed by atoms with Crippen molar-refractivity contribution in [2.24, 2.45) is 0 Å². The number of rotatable bonds is 6. The lowest BCUT2D eigenvalue weighted by molar-refractivity contribution is 0.591. The van der Waals surface area contributed by atoms with E-state index in [2.05, 4.69) is 0 Å². The summed E-state index contributed by atoms with van der Waals surface area (Å²) in [6.45, 7) is 0. The molecule has 0 aliphatic carbocycles. The molecule has 0 unspecified atom stereocenters. The average molecular weight is 316 g/mol. The van der Waals surface area contributed by atoms with E-state index in [9.17, 15) is 8.42 Å². The number of halogens is 3. The van der Waals surface area contributed by atoms with Crippen LogP contribution >= 0.6 is 34.8 Å². The fraction of sp³-hybridized carbons (Fsp3) is 0.455. The minimum atomic E-state index is -3.35. The van der Waals surface area contributed by atoms with Gasteiger partial charge in [-0.25, -0.2) is 8.42 Å². The summed E-state index contributed by atoms with van der Waals surface area (Å²) in [4.78, 5) is 0.109. The van der Waals surface area contributed by atoms with E-state index in [4.69, 9.17) is 34.8 Å². The molecule has 0 bridgehead atoms. The van der Waals surface area contributed by atoms with Crippen molar-refractivity contribution in [1.82, 2.24) is 0 Å². The van der Waals surface area contributed by atoms with Crippen molar-refractivity contribution < 1.29 is 8.42 Å². The molecule has 0 N–H and O–H groups in total. The molecule has 0 atom stereocenters. The first kappa shape index (κ1) is 15.1. The van der Waals surface area contributed by atoms with Gasteiger partial charge in [0, 0.05) is 10.9 Å². The highest BCUT2D eigenvalue weighted by Gasteiger charge is 2.17. The Kier molecular flexibility index (Phi) is 6.07. The molecule has 1 rings (SSSR count).